The number of benzene rings is 2. The Labute approximate surface area is 200 Å². The molecule has 0 atom stereocenters. The molecule has 1 amide bonds. The van der Waals surface area contributed by atoms with E-state index in [1.54, 1.807) is 36.5 Å². The van der Waals surface area contributed by atoms with Gasteiger partial charge in [0.1, 0.15) is 17.9 Å². The molecule has 2 aromatic heterocycles. The fourth-order valence-electron chi connectivity index (χ4n) is 2.70. The van der Waals surface area contributed by atoms with Crippen LogP contribution in [-0.2, 0) is 13.3 Å². The number of halogens is 4. The van der Waals surface area contributed by atoms with Gasteiger partial charge < -0.3 is 4.74 Å². The van der Waals surface area contributed by atoms with Gasteiger partial charge in [-0.1, -0.05) is 29.3 Å². The molecule has 0 spiro atoms. The minimum atomic E-state index is -0.478. The van der Waals surface area contributed by atoms with E-state index in [1.165, 1.54) is 27.8 Å². The molecule has 0 aliphatic heterocycles. The molecule has 0 fully saturated rings. The monoisotopic (exact) mass is 538 g/mol. The highest BCUT2D eigenvalue weighted by atomic mass is 79.9. The molecule has 12 heteroatoms. The zero-order valence-corrected chi connectivity index (χ0v) is 19.3. The predicted molar refractivity (Wildman–Crippen MR) is 120 cm³/mol. The molecular formula is C20H14BrCl2FN6O2. The molecule has 0 saturated carbocycles. The zero-order chi connectivity index (χ0) is 22.7. The van der Waals surface area contributed by atoms with E-state index >= 15 is 0 Å². The number of nitrogens with zero attached hydrogens (tertiary/aromatic N) is 5. The fourth-order valence-corrected chi connectivity index (χ4v) is 3.72. The summed E-state index contributed by atoms with van der Waals surface area (Å²) in [7, 11) is 0. The lowest BCUT2D eigenvalue weighted by atomic mass is 10.2. The summed E-state index contributed by atoms with van der Waals surface area (Å²) in [6, 6.07) is 10.8. The summed E-state index contributed by atoms with van der Waals surface area (Å²) in [5.41, 5.74) is 0.837. The molecule has 8 nitrogen and oxygen atoms in total. The summed E-state index contributed by atoms with van der Waals surface area (Å²) in [4.78, 5) is 16.5. The van der Waals surface area contributed by atoms with E-state index in [9.17, 15) is 9.18 Å². The highest BCUT2D eigenvalue weighted by Gasteiger charge is 2.13. The fraction of sp³-hybridized carbons (Fsp3) is 0.100. The van der Waals surface area contributed by atoms with Crippen LogP contribution in [0.1, 0.15) is 16.1 Å². The largest absolute Gasteiger partial charge is 0.470 e. The maximum Gasteiger partial charge on any atom is 0.278 e. The second-order valence-electron chi connectivity index (χ2n) is 6.54. The summed E-state index contributed by atoms with van der Waals surface area (Å²) < 4.78 is 22.5. The number of ether oxygens (including phenoxy) is 1. The third-order valence-corrected chi connectivity index (χ3v) is 5.44. The van der Waals surface area contributed by atoms with E-state index < -0.39 is 11.7 Å². The maximum atomic E-state index is 13.2. The molecule has 4 aromatic rings. The Morgan fingerprint density at radius 1 is 1.12 bits per heavy atom. The van der Waals surface area contributed by atoms with E-state index in [0.717, 1.165) is 0 Å². The molecule has 0 saturated heterocycles. The first-order chi connectivity index (χ1) is 15.4. The van der Waals surface area contributed by atoms with Crippen molar-refractivity contribution in [3.05, 3.63) is 86.6 Å². The van der Waals surface area contributed by atoms with Gasteiger partial charge in [0.25, 0.3) is 5.91 Å². The lowest BCUT2D eigenvalue weighted by molar-refractivity contribution is 0.101. The number of anilines is 1. The topological polar surface area (TPSA) is 86.9 Å². The van der Waals surface area contributed by atoms with Crippen LogP contribution in [-0.4, -0.2) is 30.5 Å². The molecular weight excluding hydrogens is 526 g/mol. The summed E-state index contributed by atoms with van der Waals surface area (Å²) >= 11 is 15.3. The number of carbonyl (C=O) groups excluding carboxylic acids is 1. The Kier molecular flexibility index (Phi) is 6.73. The molecule has 0 radical (unpaired) electrons. The zero-order valence-electron chi connectivity index (χ0n) is 16.2. The summed E-state index contributed by atoms with van der Waals surface area (Å²) in [5.74, 6) is -0.207. The third kappa shape index (κ3) is 5.45. The molecule has 164 valence electrons. The molecule has 2 aromatic carbocycles. The average Bonchev–Trinajstić information content (AvgIpc) is 3.39. The molecule has 0 unspecified atom stereocenters. The highest BCUT2D eigenvalue weighted by molar-refractivity contribution is 9.10. The Hall–Kier alpha value is -2.95. The third-order valence-electron chi connectivity index (χ3n) is 4.23. The summed E-state index contributed by atoms with van der Waals surface area (Å²) in [6.07, 6.45) is 3.05. The molecule has 32 heavy (non-hydrogen) atoms. The van der Waals surface area contributed by atoms with E-state index in [2.05, 4.69) is 36.4 Å². The lowest BCUT2D eigenvalue weighted by Gasteiger charge is -2.08. The van der Waals surface area contributed by atoms with Gasteiger partial charge in [0, 0.05) is 16.2 Å². The van der Waals surface area contributed by atoms with E-state index in [-0.39, 0.29) is 29.9 Å². The SMILES string of the molecule is O=C(Nc1ncn(Cc2ccc(F)cc2Cl)n1)c1ccn(COc2ccc(Cl)cc2Br)n1. The molecule has 0 bridgehead atoms. The van der Waals surface area contributed by atoms with Crippen LogP contribution in [0.15, 0.2) is 59.5 Å². The number of carbonyl (C=O) groups is 1. The average molecular weight is 540 g/mol. The van der Waals surface area contributed by atoms with Crippen LogP contribution in [0.25, 0.3) is 0 Å². The van der Waals surface area contributed by atoms with Crippen molar-refractivity contribution in [3.63, 3.8) is 0 Å². The maximum absolute atomic E-state index is 13.2. The van der Waals surface area contributed by atoms with Crippen LogP contribution in [0.4, 0.5) is 10.3 Å². The highest BCUT2D eigenvalue weighted by Crippen LogP contribution is 2.28. The van der Waals surface area contributed by atoms with Gasteiger partial charge >= 0.3 is 0 Å². The second kappa shape index (κ2) is 9.68. The Balaban J connectivity index is 1.35. The Morgan fingerprint density at radius 3 is 2.75 bits per heavy atom. The Bertz CT molecular complexity index is 1280. The molecule has 1 N–H and O–H groups in total. The predicted octanol–water partition coefficient (Wildman–Crippen LogP) is 5.02. The first-order valence-electron chi connectivity index (χ1n) is 9.13. The van der Waals surface area contributed by atoms with Crippen molar-refractivity contribution in [1.29, 1.82) is 0 Å². The van der Waals surface area contributed by atoms with E-state index in [4.69, 9.17) is 27.9 Å². The normalized spacial score (nSPS) is 10.9. The van der Waals surface area contributed by atoms with Gasteiger partial charge in [0.05, 0.1) is 11.0 Å². The van der Waals surface area contributed by atoms with E-state index in [1.807, 2.05) is 0 Å². The van der Waals surface area contributed by atoms with Crippen LogP contribution >= 0.6 is 39.1 Å². The number of rotatable bonds is 7. The first-order valence-corrected chi connectivity index (χ1v) is 10.7. The van der Waals surface area contributed by atoms with Gasteiger partial charge in [0.2, 0.25) is 5.95 Å². The van der Waals surface area contributed by atoms with Crippen LogP contribution in [0.5, 0.6) is 5.75 Å². The van der Waals surface area contributed by atoms with Gasteiger partial charge in [-0.15, -0.1) is 5.10 Å². The van der Waals surface area contributed by atoms with Gasteiger partial charge in [-0.2, -0.15) is 5.10 Å². The lowest BCUT2D eigenvalue weighted by Crippen LogP contribution is -2.15. The van der Waals surface area contributed by atoms with Crippen LogP contribution in [0, 0.1) is 5.82 Å². The summed E-state index contributed by atoms with van der Waals surface area (Å²) in [6.45, 7) is 0.368. The number of hydrogen-bond acceptors (Lipinski definition) is 5. The molecule has 0 aliphatic carbocycles. The quantitative estimate of drug-likeness (QED) is 0.356. The minimum absolute atomic E-state index is 0.0961. The van der Waals surface area contributed by atoms with Crippen LogP contribution in [0.2, 0.25) is 10.0 Å². The number of hydrogen-bond donors (Lipinski definition) is 1. The van der Waals surface area contributed by atoms with Crippen molar-refractivity contribution in [2.75, 3.05) is 5.32 Å². The van der Waals surface area contributed by atoms with E-state index in [0.29, 0.717) is 20.8 Å². The standard InChI is InChI=1S/C20H14BrCl2FN6O2/c21-15-7-13(22)2-4-18(15)32-11-29-6-5-17(27-29)19(31)26-20-25-10-30(28-20)9-12-1-3-14(24)8-16(12)23/h1-8,10H,9,11H2,(H,26,28,31). The summed E-state index contributed by atoms with van der Waals surface area (Å²) in [5, 5.41) is 11.8. The molecule has 2 heterocycles. The van der Waals surface area contributed by atoms with Crippen molar-refractivity contribution >= 4 is 51.0 Å². The minimum Gasteiger partial charge on any atom is -0.470 e. The van der Waals surface area contributed by atoms with Gasteiger partial charge in [-0.05, 0) is 57.9 Å². The van der Waals surface area contributed by atoms with Crippen molar-refractivity contribution in [1.82, 2.24) is 24.5 Å². The van der Waals surface area contributed by atoms with Crippen LogP contribution in [0.3, 0.4) is 0 Å². The van der Waals surface area contributed by atoms with Crippen LogP contribution < -0.4 is 10.1 Å². The van der Waals surface area contributed by atoms with Crippen molar-refractivity contribution in [2.45, 2.75) is 13.3 Å². The van der Waals surface area contributed by atoms with Gasteiger partial charge in [-0.25, -0.2) is 18.7 Å². The van der Waals surface area contributed by atoms with Crippen molar-refractivity contribution in [2.24, 2.45) is 0 Å². The smallest absolute Gasteiger partial charge is 0.278 e. The van der Waals surface area contributed by atoms with Gasteiger partial charge in [-0.3, -0.25) is 10.1 Å². The second-order valence-corrected chi connectivity index (χ2v) is 8.24. The molecule has 0 aliphatic rings. The number of aromatic nitrogens is 5. The Morgan fingerprint density at radius 2 is 1.97 bits per heavy atom. The molecule has 4 rings (SSSR count). The van der Waals surface area contributed by atoms with Crippen molar-refractivity contribution in [3.8, 4) is 5.75 Å². The van der Waals surface area contributed by atoms with Crippen molar-refractivity contribution < 1.29 is 13.9 Å². The van der Waals surface area contributed by atoms with Gasteiger partial charge in [0.15, 0.2) is 12.4 Å². The number of amides is 1. The number of nitrogens with one attached hydrogen (secondary N) is 1. The first kappa shape index (κ1) is 22.3.